The Bertz CT molecular complexity index is 249. The first-order valence-electron chi connectivity index (χ1n) is 3.93. The van der Waals surface area contributed by atoms with E-state index in [9.17, 15) is 0 Å². The zero-order valence-corrected chi connectivity index (χ0v) is 8.09. The molecule has 71 valence electrons. The van der Waals surface area contributed by atoms with Gasteiger partial charge in [-0.3, -0.25) is 0 Å². The Morgan fingerprint density at radius 1 is 1.08 bits per heavy atom. The van der Waals surface area contributed by atoms with Gasteiger partial charge in [0.05, 0.1) is 26.9 Å². The molecule has 1 radical (unpaired) electrons. The predicted octanol–water partition coefficient (Wildman–Crippen LogP) is 1.65. The topological polar surface area (TPSA) is 27.7 Å². The van der Waals surface area contributed by atoms with E-state index in [0.717, 1.165) is 5.56 Å². The normalized spacial score (nSPS) is 9.77. The molecule has 13 heavy (non-hydrogen) atoms. The van der Waals surface area contributed by atoms with E-state index in [1.165, 1.54) is 0 Å². The highest BCUT2D eigenvalue weighted by molar-refractivity contribution is 5.36. The predicted molar refractivity (Wildman–Crippen MR) is 49.1 cm³/mol. The lowest BCUT2D eigenvalue weighted by Gasteiger charge is -2.06. The van der Waals surface area contributed by atoms with Crippen molar-refractivity contribution < 1.29 is 14.2 Å². The molecule has 0 aliphatic rings. The van der Waals surface area contributed by atoms with Crippen LogP contribution in [0.25, 0.3) is 0 Å². The SMILES string of the molecule is COCc1cc(OC)[c]c(OC)c1. The van der Waals surface area contributed by atoms with E-state index in [-0.39, 0.29) is 0 Å². The van der Waals surface area contributed by atoms with E-state index >= 15 is 0 Å². The molecule has 0 bridgehead atoms. The van der Waals surface area contributed by atoms with Crippen LogP contribution in [0.3, 0.4) is 0 Å². The summed E-state index contributed by atoms with van der Waals surface area (Å²) in [5.41, 5.74) is 1.01. The van der Waals surface area contributed by atoms with E-state index in [1.807, 2.05) is 12.1 Å². The average molecular weight is 181 g/mol. The van der Waals surface area contributed by atoms with Gasteiger partial charge in [0.1, 0.15) is 11.5 Å². The van der Waals surface area contributed by atoms with Gasteiger partial charge >= 0.3 is 0 Å². The molecule has 0 N–H and O–H groups in total. The minimum absolute atomic E-state index is 0.543. The van der Waals surface area contributed by atoms with Crippen LogP contribution in [0.1, 0.15) is 5.56 Å². The van der Waals surface area contributed by atoms with Crippen molar-refractivity contribution in [3.63, 3.8) is 0 Å². The van der Waals surface area contributed by atoms with Crippen LogP contribution < -0.4 is 9.47 Å². The molecular weight excluding hydrogens is 168 g/mol. The van der Waals surface area contributed by atoms with Crippen LogP contribution in [0.4, 0.5) is 0 Å². The molecule has 0 fully saturated rings. The third kappa shape index (κ3) is 2.63. The summed E-state index contributed by atoms with van der Waals surface area (Å²) in [6, 6.07) is 6.68. The third-order valence-corrected chi connectivity index (χ3v) is 1.63. The summed E-state index contributed by atoms with van der Waals surface area (Å²) in [6.45, 7) is 0.543. The number of hydrogen-bond donors (Lipinski definition) is 0. The maximum Gasteiger partial charge on any atom is 0.131 e. The molecule has 1 aromatic carbocycles. The second-order valence-corrected chi connectivity index (χ2v) is 2.56. The first-order valence-corrected chi connectivity index (χ1v) is 3.93. The molecule has 0 heterocycles. The van der Waals surface area contributed by atoms with Crippen molar-refractivity contribution in [3.8, 4) is 11.5 Å². The number of ether oxygens (including phenoxy) is 3. The number of methoxy groups -OCH3 is 3. The fraction of sp³-hybridized carbons (Fsp3) is 0.400. The quantitative estimate of drug-likeness (QED) is 0.706. The largest absolute Gasteiger partial charge is 0.496 e. The van der Waals surface area contributed by atoms with Crippen molar-refractivity contribution in [1.82, 2.24) is 0 Å². The molecular formula is C10H13O3. The van der Waals surface area contributed by atoms with Crippen molar-refractivity contribution in [3.05, 3.63) is 23.8 Å². The summed E-state index contributed by atoms with van der Waals surface area (Å²) >= 11 is 0. The standard InChI is InChI=1S/C10H13O3/c1-11-7-8-4-9(12-2)6-10(5-8)13-3/h4-5H,7H2,1-3H3. The summed E-state index contributed by atoms with van der Waals surface area (Å²) in [5.74, 6) is 1.32. The van der Waals surface area contributed by atoms with Crippen LogP contribution in [0.5, 0.6) is 11.5 Å². The molecule has 0 unspecified atom stereocenters. The Morgan fingerprint density at radius 3 is 2.00 bits per heavy atom. The fourth-order valence-corrected chi connectivity index (χ4v) is 1.04. The Kier molecular flexibility index (Phi) is 3.58. The zero-order chi connectivity index (χ0) is 9.68. The van der Waals surface area contributed by atoms with Gasteiger partial charge in [0, 0.05) is 7.11 Å². The highest BCUT2D eigenvalue weighted by atomic mass is 16.5. The van der Waals surface area contributed by atoms with Crippen LogP contribution in [0.2, 0.25) is 0 Å². The summed E-state index contributed by atoms with van der Waals surface area (Å²) in [7, 11) is 4.85. The van der Waals surface area contributed by atoms with Gasteiger partial charge in [0.25, 0.3) is 0 Å². The first kappa shape index (κ1) is 9.86. The lowest BCUT2D eigenvalue weighted by atomic mass is 10.2. The third-order valence-electron chi connectivity index (χ3n) is 1.63. The molecule has 0 aliphatic heterocycles. The van der Waals surface area contributed by atoms with Crippen molar-refractivity contribution in [1.29, 1.82) is 0 Å². The van der Waals surface area contributed by atoms with E-state index < -0.39 is 0 Å². The Labute approximate surface area is 78.2 Å². The highest BCUT2D eigenvalue weighted by Gasteiger charge is 2.01. The smallest absolute Gasteiger partial charge is 0.131 e. The van der Waals surface area contributed by atoms with Crippen molar-refractivity contribution in [2.45, 2.75) is 6.61 Å². The maximum atomic E-state index is 5.05. The molecule has 0 saturated heterocycles. The van der Waals surface area contributed by atoms with Crippen LogP contribution in [0, 0.1) is 6.07 Å². The van der Waals surface area contributed by atoms with Crippen molar-refractivity contribution in [2.24, 2.45) is 0 Å². The molecule has 0 amide bonds. The van der Waals surface area contributed by atoms with Gasteiger partial charge in [-0.1, -0.05) is 0 Å². The minimum Gasteiger partial charge on any atom is -0.496 e. The van der Waals surface area contributed by atoms with Crippen LogP contribution in [-0.4, -0.2) is 21.3 Å². The van der Waals surface area contributed by atoms with Gasteiger partial charge in [-0.05, 0) is 17.7 Å². The van der Waals surface area contributed by atoms with Crippen molar-refractivity contribution >= 4 is 0 Å². The van der Waals surface area contributed by atoms with Gasteiger partial charge in [0.2, 0.25) is 0 Å². The van der Waals surface area contributed by atoms with Gasteiger partial charge in [-0.15, -0.1) is 0 Å². The fourth-order valence-electron chi connectivity index (χ4n) is 1.04. The van der Waals surface area contributed by atoms with E-state index in [1.54, 1.807) is 21.3 Å². The number of rotatable bonds is 4. The second-order valence-electron chi connectivity index (χ2n) is 2.56. The van der Waals surface area contributed by atoms with Crippen molar-refractivity contribution in [2.75, 3.05) is 21.3 Å². The monoisotopic (exact) mass is 181 g/mol. The lowest BCUT2D eigenvalue weighted by Crippen LogP contribution is -1.92. The summed E-state index contributed by atoms with van der Waals surface area (Å²) in [4.78, 5) is 0. The summed E-state index contributed by atoms with van der Waals surface area (Å²) < 4.78 is 15.1. The Morgan fingerprint density at radius 2 is 1.62 bits per heavy atom. The molecule has 0 aliphatic carbocycles. The number of hydrogen-bond acceptors (Lipinski definition) is 3. The highest BCUT2D eigenvalue weighted by Crippen LogP contribution is 2.21. The Balaban J connectivity index is 2.93. The molecule has 3 nitrogen and oxygen atoms in total. The van der Waals surface area contributed by atoms with Crippen LogP contribution in [0.15, 0.2) is 12.1 Å². The molecule has 3 heteroatoms. The lowest BCUT2D eigenvalue weighted by molar-refractivity contribution is 0.184. The van der Waals surface area contributed by atoms with Gasteiger partial charge in [-0.2, -0.15) is 0 Å². The molecule has 0 aromatic heterocycles. The van der Waals surface area contributed by atoms with Gasteiger partial charge in [0.15, 0.2) is 0 Å². The summed E-state index contributed by atoms with van der Waals surface area (Å²) in [5, 5.41) is 0. The minimum atomic E-state index is 0.543. The second kappa shape index (κ2) is 4.72. The van der Waals surface area contributed by atoms with E-state index in [2.05, 4.69) is 6.07 Å². The summed E-state index contributed by atoms with van der Waals surface area (Å²) in [6.07, 6.45) is 0. The van der Waals surface area contributed by atoms with Crippen LogP contribution in [-0.2, 0) is 11.3 Å². The first-order chi connectivity index (χ1) is 6.30. The average Bonchev–Trinajstić information content (AvgIpc) is 2.17. The Hall–Kier alpha value is -1.22. The maximum absolute atomic E-state index is 5.05. The molecule has 1 aromatic rings. The number of benzene rings is 1. The molecule has 0 spiro atoms. The van der Waals surface area contributed by atoms with E-state index in [4.69, 9.17) is 14.2 Å². The van der Waals surface area contributed by atoms with E-state index in [0.29, 0.717) is 18.1 Å². The zero-order valence-electron chi connectivity index (χ0n) is 8.09. The molecule has 0 atom stereocenters. The van der Waals surface area contributed by atoms with Crippen LogP contribution >= 0.6 is 0 Å². The molecule has 0 saturated carbocycles. The molecule has 1 rings (SSSR count). The van der Waals surface area contributed by atoms with Gasteiger partial charge in [-0.25, -0.2) is 0 Å². The van der Waals surface area contributed by atoms with Gasteiger partial charge < -0.3 is 14.2 Å².